The van der Waals surface area contributed by atoms with E-state index in [9.17, 15) is 14.0 Å². The van der Waals surface area contributed by atoms with Gasteiger partial charge in [0.15, 0.2) is 0 Å². The molecule has 2 fully saturated rings. The third kappa shape index (κ3) is 2.92. The first kappa shape index (κ1) is 17.8. The van der Waals surface area contributed by atoms with E-state index in [1.165, 1.54) is 34.3 Å². The Labute approximate surface area is 151 Å². The Morgan fingerprint density at radius 2 is 1.88 bits per heavy atom. The Bertz CT molecular complexity index is 694. The summed E-state index contributed by atoms with van der Waals surface area (Å²) in [7, 11) is 1.60. The van der Waals surface area contributed by atoms with E-state index >= 15 is 0 Å². The first-order chi connectivity index (χ1) is 11.6. The number of fused-ring (bicyclic) bond motifs is 1. The number of halogens is 1. The van der Waals surface area contributed by atoms with Crippen LogP contribution in [0.4, 0.5) is 19.7 Å². The lowest BCUT2D eigenvalue weighted by molar-refractivity contribution is 0.0569. The number of nitrogens with zero attached hydrogens (tertiary/aromatic N) is 3. The van der Waals surface area contributed by atoms with Gasteiger partial charge in [-0.25, -0.2) is 24.0 Å². The molecule has 1 aromatic rings. The highest BCUT2D eigenvalue weighted by Crippen LogP contribution is 2.51. The van der Waals surface area contributed by atoms with Gasteiger partial charge in [-0.2, -0.15) is 0 Å². The molecule has 0 aliphatic carbocycles. The van der Waals surface area contributed by atoms with Crippen molar-refractivity contribution in [2.75, 3.05) is 12.4 Å². The normalized spacial score (nSPS) is 24.9. The number of anilines is 1. The lowest BCUT2D eigenvalue weighted by Gasteiger charge is -2.34. The number of urea groups is 2. The number of carbonyl (C=O) groups is 2. The number of nitrogens with one attached hydrogen (secondary N) is 1. The van der Waals surface area contributed by atoms with Crippen LogP contribution in [0.25, 0.3) is 0 Å². The van der Waals surface area contributed by atoms with Gasteiger partial charge in [-0.15, -0.1) is 11.8 Å². The van der Waals surface area contributed by atoms with Crippen molar-refractivity contribution in [3.63, 3.8) is 0 Å². The van der Waals surface area contributed by atoms with Crippen LogP contribution in [0.1, 0.15) is 27.7 Å². The maximum atomic E-state index is 13.0. The van der Waals surface area contributed by atoms with Crippen molar-refractivity contribution in [3.8, 4) is 0 Å². The second-order valence-corrected chi connectivity index (χ2v) is 9.00. The van der Waals surface area contributed by atoms with Crippen LogP contribution in [0.3, 0.4) is 0 Å². The summed E-state index contributed by atoms with van der Waals surface area (Å²) < 4.78 is 12.7. The lowest BCUT2D eigenvalue weighted by Crippen LogP contribution is -2.53. The molecule has 136 valence electrons. The molecule has 2 atom stereocenters. The highest BCUT2D eigenvalue weighted by atomic mass is 32.2. The number of benzene rings is 1. The SMILES string of the molecule is CC(C)C1SC(C)(C)C2N1C(=O)N(C)N2C(=O)Nc1ccc(F)cc1. The van der Waals surface area contributed by atoms with Crippen LogP contribution in [0.15, 0.2) is 24.3 Å². The van der Waals surface area contributed by atoms with Crippen LogP contribution < -0.4 is 5.32 Å². The molecular weight excluding hydrogens is 343 g/mol. The molecule has 1 N–H and O–H groups in total. The molecule has 0 spiro atoms. The summed E-state index contributed by atoms with van der Waals surface area (Å²) in [6, 6.07) is 4.96. The van der Waals surface area contributed by atoms with Crippen molar-refractivity contribution in [2.45, 2.75) is 44.0 Å². The zero-order chi connectivity index (χ0) is 18.5. The Kier molecular flexibility index (Phi) is 4.35. The van der Waals surface area contributed by atoms with Crippen LogP contribution in [0.5, 0.6) is 0 Å². The van der Waals surface area contributed by atoms with E-state index < -0.39 is 6.03 Å². The van der Waals surface area contributed by atoms with Gasteiger partial charge in [-0.3, -0.25) is 4.90 Å². The summed E-state index contributed by atoms with van der Waals surface area (Å²) in [6.07, 6.45) is -0.372. The van der Waals surface area contributed by atoms with Crippen LogP contribution >= 0.6 is 11.8 Å². The van der Waals surface area contributed by atoms with E-state index in [2.05, 4.69) is 19.2 Å². The fourth-order valence-electron chi connectivity index (χ4n) is 3.37. The molecule has 1 aromatic carbocycles. The molecule has 2 aliphatic heterocycles. The van der Waals surface area contributed by atoms with E-state index in [1.807, 2.05) is 13.8 Å². The summed E-state index contributed by atoms with van der Waals surface area (Å²) in [4.78, 5) is 27.4. The molecule has 2 saturated heterocycles. The maximum Gasteiger partial charge on any atom is 0.342 e. The second kappa shape index (κ2) is 6.09. The van der Waals surface area contributed by atoms with Crippen molar-refractivity contribution >= 4 is 29.5 Å². The van der Waals surface area contributed by atoms with Crippen LogP contribution in [0.2, 0.25) is 0 Å². The van der Waals surface area contributed by atoms with Crippen LogP contribution in [-0.4, -0.2) is 50.3 Å². The predicted molar refractivity (Wildman–Crippen MR) is 96.3 cm³/mol. The molecule has 0 aromatic heterocycles. The molecule has 0 bridgehead atoms. The summed E-state index contributed by atoms with van der Waals surface area (Å²) in [5, 5.41) is 5.58. The largest absolute Gasteiger partial charge is 0.342 e. The first-order valence-electron chi connectivity index (χ1n) is 8.23. The molecular formula is C17H23FN4O2S. The van der Waals surface area contributed by atoms with Gasteiger partial charge in [0.2, 0.25) is 0 Å². The predicted octanol–water partition coefficient (Wildman–Crippen LogP) is 3.78. The molecule has 2 aliphatic rings. The summed E-state index contributed by atoms with van der Waals surface area (Å²) in [5.74, 6) is -0.0996. The van der Waals surface area contributed by atoms with E-state index in [0.29, 0.717) is 5.69 Å². The van der Waals surface area contributed by atoms with Gasteiger partial charge < -0.3 is 5.32 Å². The topological polar surface area (TPSA) is 55.9 Å². The van der Waals surface area contributed by atoms with Gasteiger partial charge in [0.1, 0.15) is 12.0 Å². The Hall–Kier alpha value is -1.96. The molecule has 0 saturated carbocycles. The van der Waals surface area contributed by atoms with Gasteiger partial charge >= 0.3 is 12.1 Å². The molecule has 6 nitrogen and oxygen atoms in total. The number of amides is 4. The van der Waals surface area contributed by atoms with Gasteiger partial charge in [-0.05, 0) is 44.0 Å². The van der Waals surface area contributed by atoms with Crippen molar-refractivity contribution in [3.05, 3.63) is 30.1 Å². The maximum absolute atomic E-state index is 13.0. The van der Waals surface area contributed by atoms with E-state index in [1.54, 1.807) is 23.7 Å². The van der Waals surface area contributed by atoms with Gasteiger partial charge in [0.25, 0.3) is 0 Å². The van der Waals surface area contributed by atoms with E-state index in [-0.39, 0.29) is 34.1 Å². The molecule has 0 radical (unpaired) electrons. The fraction of sp³-hybridized carbons (Fsp3) is 0.529. The Balaban J connectivity index is 1.89. The standard InChI is InChI=1S/C17H23FN4O2S/c1-10(2)13-21-14(17(3,4)25-13)22(20(5)16(21)24)15(23)19-12-8-6-11(18)7-9-12/h6-10,13-14H,1-5H3,(H,19,23). The Morgan fingerprint density at radius 3 is 2.44 bits per heavy atom. The van der Waals surface area contributed by atoms with Gasteiger partial charge in [0.05, 0.1) is 10.1 Å². The van der Waals surface area contributed by atoms with Gasteiger partial charge in [0, 0.05) is 12.7 Å². The fourth-order valence-corrected chi connectivity index (χ4v) is 4.92. The minimum absolute atomic E-state index is 0.0126. The third-order valence-electron chi connectivity index (χ3n) is 4.51. The summed E-state index contributed by atoms with van der Waals surface area (Å²) in [6.45, 7) is 8.24. The van der Waals surface area contributed by atoms with Crippen molar-refractivity contribution < 1.29 is 14.0 Å². The van der Waals surface area contributed by atoms with Crippen molar-refractivity contribution in [2.24, 2.45) is 5.92 Å². The number of hydrazine groups is 1. The lowest BCUT2D eigenvalue weighted by atomic mass is 10.1. The molecule has 4 amide bonds. The molecule has 25 heavy (non-hydrogen) atoms. The minimum atomic E-state index is -0.409. The zero-order valence-electron chi connectivity index (χ0n) is 15.0. The molecule has 3 rings (SSSR count). The number of carbonyl (C=O) groups excluding carboxylic acids is 2. The summed E-state index contributed by atoms with van der Waals surface area (Å²) >= 11 is 1.71. The number of rotatable bonds is 2. The number of thioether (sulfide) groups is 1. The number of hydrogen-bond donors (Lipinski definition) is 1. The highest BCUT2D eigenvalue weighted by Gasteiger charge is 2.60. The quantitative estimate of drug-likeness (QED) is 0.867. The third-order valence-corrected chi connectivity index (χ3v) is 6.34. The van der Waals surface area contributed by atoms with E-state index in [4.69, 9.17) is 0 Å². The molecule has 2 heterocycles. The van der Waals surface area contributed by atoms with Crippen LogP contribution in [-0.2, 0) is 0 Å². The summed E-state index contributed by atoms with van der Waals surface area (Å²) in [5.41, 5.74) is 0.481. The monoisotopic (exact) mass is 366 g/mol. The average Bonchev–Trinajstić information content (AvgIpc) is 2.95. The minimum Gasteiger partial charge on any atom is -0.306 e. The smallest absolute Gasteiger partial charge is 0.306 e. The average molecular weight is 366 g/mol. The highest BCUT2D eigenvalue weighted by molar-refractivity contribution is 8.01. The molecule has 8 heteroatoms. The van der Waals surface area contributed by atoms with Gasteiger partial charge in [-0.1, -0.05) is 13.8 Å². The Morgan fingerprint density at radius 1 is 1.28 bits per heavy atom. The van der Waals surface area contributed by atoms with Crippen molar-refractivity contribution in [1.82, 2.24) is 14.9 Å². The van der Waals surface area contributed by atoms with E-state index in [0.717, 1.165) is 0 Å². The first-order valence-corrected chi connectivity index (χ1v) is 9.11. The zero-order valence-corrected chi connectivity index (χ0v) is 15.8. The molecule has 2 unspecified atom stereocenters. The van der Waals surface area contributed by atoms with Crippen LogP contribution in [0, 0.1) is 11.7 Å². The second-order valence-electron chi connectivity index (χ2n) is 7.22. The number of hydrogen-bond acceptors (Lipinski definition) is 3. The van der Waals surface area contributed by atoms with Crippen molar-refractivity contribution in [1.29, 1.82) is 0 Å².